The summed E-state index contributed by atoms with van der Waals surface area (Å²) in [5.41, 5.74) is 2.21. The number of guanidine groups is 1. The SMILES string of the molecule is CCNC(=NCCc1ccc(OC)c(OC)c1OC)N(C)Cc1ccc(OC)cc1.I. The van der Waals surface area contributed by atoms with Gasteiger partial charge in [0.15, 0.2) is 17.5 Å². The summed E-state index contributed by atoms with van der Waals surface area (Å²) in [6.07, 6.45) is 0.717. The Morgan fingerprint density at radius 1 is 0.903 bits per heavy atom. The fourth-order valence-corrected chi connectivity index (χ4v) is 3.19. The Kier molecular flexibility index (Phi) is 11.9. The van der Waals surface area contributed by atoms with Crippen LogP contribution in [0.1, 0.15) is 18.1 Å². The fourth-order valence-electron chi connectivity index (χ4n) is 3.19. The van der Waals surface area contributed by atoms with Crippen LogP contribution in [-0.4, -0.2) is 59.4 Å². The number of methoxy groups -OCH3 is 4. The monoisotopic (exact) mass is 543 g/mol. The van der Waals surface area contributed by atoms with E-state index in [1.54, 1.807) is 28.4 Å². The standard InChI is InChI=1S/C23H33N3O4.HI/c1-7-24-23(26(2)16-17-8-11-19(27-3)12-9-17)25-15-14-18-10-13-20(28-4)22(30-6)21(18)29-5;/h8-13H,7,14-16H2,1-6H3,(H,24,25);1H. The van der Waals surface area contributed by atoms with Crippen molar-refractivity contribution in [2.45, 2.75) is 19.9 Å². The first-order valence-corrected chi connectivity index (χ1v) is 9.98. The van der Waals surface area contributed by atoms with E-state index in [0.29, 0.717) is 23.8 Å². The molecule has 0 spiro atoms. The normalized spacial score (nSPS) is 10.7. The summed E-state index contributed by atoms with van der Waals surface area (Å²) in [7, 11) is 8.56. The van der Waals surface area contributed by atoms with Gasteiger partial charge in [-0.1, -0.05) is 18.2 Å². The zero-order valence-corrected chi connectivity index (χ0v) is 21.6. The van der Waals surface area contributed by atoms with E-state index < -0.39 is 0 Å². The zero-order chi connectivity index (χ0) is 21.9. The van der Waals surface area contributed by atoms with Crippen LogP contribution >= 0.6 is 24.0 Å². The van der Waals surface area contributed by atoms with E-state index in [4.69, 9.17) is 23.9 Å². The number of benzene rings is 2. The summed E-state index contributed by atoms with van der Waals surface area (Å²) < 4.78 is 21.6. The van der Waals surface area contributed by atoms with Crippen molar-refractivity contribution in [3.05, 3.63) is 47.5 Å². The molecule has 8 heteroatoms. The molecule has 0 unspecified atom stereocenters. The van der Waals surface area contributed by atoms with Gasteiger partial charge in [-0.15, -0.1) is 24.0 Å². The molecule has 1 N–H and O–H groups in total. The molecule has 0 radical (unpaired) electrons. The van der Waals surface area contributed by atoms with Crippen LogP contribution < -0.4 is 24.3 Å². The molecule has 0 saturated heterocycles. The summed E-state index contributed by atoms with van der Waals surface area (Å²) in [6, 6.07) is 11.9. The van der Waals surface area contributed by atoms with Crippen molar-refractivity contribution in [1.82, 2.24) is 10.2 Å². The van der Waals surface area contributed by atoms with E-state index in [9.17, 15) is 0 Å². The average molecular weight is 543 g/mol. The third kappa shape index (κ3) is 7.37. The smallest absolute Gasteiger partial charge is 0.203 e. The molecular formula is C23H34IN3O4. The van der Waals surface area contributed by atoms with Crippen molar-refractivity contribution >= 4 is 29.9 Å². The summed E-state index contributed by atoms with van der Waals surface area (Å²) in [4.78, 5) is 6.90. The van der Waals surface area contributed by atoms with Gasteiger partial charge in [0.1, 0.15) is 5.75 Å². The molecule has 2 aromatic rings. The average Bonchev–Trinajstić information content (AvgIpc) is 2.78. The number of hydrogen-bond acceptors (Lipinski definition) is 5. The molecule has 2 aromatic carbocycles. The van der Waals surface area contributed by atoms with Crippen LogP contribution in [0.5, 0.6) is 23.0 Å². The number of aliphatic imine (C=N–C) groups is 1. The molecular weight excluding hydrogens is 509 g/mol. The molecule has 0 aromatic heterocycles. The van der Waals surface area contributed by atoms with Gasteiger partial charge in [-0.2, -0.15) is 0 Å². The predicted molar refractivity (Wildman–Crippen MR) is 136 cm³/mol. The first-order valence-electron chi connectivity index (χ1n) is 9.98. The third-order valence-corrected chi connectivity index (χ3v) is 4.70. The minimum atomic E-state index is 0. The highest BCUT2D eigenvalue weighted by Gasteiger charge is 2.15. The number of halogens is 1. The Morgan fingerprint density at radius 3 is 2.13 bits per heavy atom. The molecule has 0 heterocycles. The number of hydrogen-bond donors (Lipinski definition) is 1. The molecule has 0 bridgehead atoms. The quantitative estimate of drug-likeness (QED) is 0.278. The van der Waals surface area contributed by atoms with Gasteiger partial charge in [-0.05, 0) is 37.1 Å². The first kappa shape index (κ1) is 26.7. The number of rotatable bonds is 10. The largest absolute Gasteiger partial charge is 0.497 e. The van der Waals surface area contributed by atoms with Crippen LogP contribution in [0.3, 0.4) is 0 Å². The molecule has 0 aliphatic heterocycles. The molecule has 0 amide bonds. The van der Waals surface area contributed by atoms with Gasteiger partial charge in [0.2, 0.25) is 5.75 Å². The topological polar surface area (TPSA) is 64.6 Å². The van der Waals surface area contributed by atoms with Crippen molar-refractivity contribution in [2.75, 3.05) is 48.6 Å². The molecule has 172 valence electrons. The predicted octanol–water partition coefficient (Wildman–Crippen LogP) is 3.98. The van der Waals surface area contributed by atoms with Crippen LogP contribution in [0.15, 0.2) is 41.4 Å². The summed E-state index contributed by atoms with van der Waals surface area (Å²) in [6.45, 7) is 4.22. The van der Waals surface area contributed by atoms with Gasteiger partial charge in [0.25, 0.3) is 0 Å². The minimum absolute atomic E-state index is 0. The molecule has 31 heavy (non-hydrogen) atoms. The lowest BCUT2D eigenvalue weighted by Gasteiger charge is -2.22. The molecule has 0 aliphatic rings. The maximum atomic E-state index is 5.57. The van der Waals surface area contributed by atoms with Crippen molar-refractivity contribution in [3.63, 3.8) is 0 Å². The fraction of sp³-hybridized carbons (Fsp3) is 0.435. The van der Waals surface area contributed by atoms with Crippen molar-refractivity contribution in [3.8, 4) is 23.0 Å². The Hall–Kier alpha value is -2.36. The first-order chi connectivity index (χ1) is 14.6. The van der Waals surface area contributed by atoms with Crippen molar-refractivity contribution in [2.24, 2.45) is 4.99 Å². The highest BCUT2D eigenvalue weighted by atomic mass is 127. The molecule has 0 atom stereocenters. The van der Waals surface area contributed by atoms with E-state index in [1.807, 2.05) is 31.3 Å². The summed E-state index contributed by atoms with van der Waals surface area (Å²) >= 11 is 0. The van der Waals surface area contributed by atoms with Crippen LogP contribution in [0, 0.1) is 0 Å². The highest BCUT2D eigenvalue weighted by molar-refractivity contribution is 14.0. The Morgan fingerprint density at radius 2 is 1.58 bits per heavy atom. The molecule has 0 aliphatic carbocycles. The van der Waals surface area contributed by atoms with Gasteiger partial charge >= 0.3 is 0 Å². The van der Waals surface area contributed by atoms with Gasteiger partial charge in [-0.25, -0.2) is 0 Å². The van der Waals surface area contributed by atoms with Crippen molar-refractivity contribution in [1.29, 1.82) is 0 Å². The lowest BCUT2D eigenvalue weighted by Crippen LogP contribution is -2.38. The maximum Gasteiger partial charge on any atom is 0.203 e. The van der Waals surface area contributed by atoms with Crippen molar-refractivity contribution < 1.29 is 18.9 Å². The second-order valence-electron chi connectivity index (χ2n) is 6.68. The van der Waals surface area contributed by atoms with Crippen LogP contribution in [-0.2, 0) is 13.0 Å². The van der Waals surface area contributed by atoms with Gasteiger partial charge < -0.3 is 29.2 Å². The van der Waals surface area contributed by atoms with Crippen LogP contribution in [0.2, 0.25) is 0 Å². The van der Waals surface area contributed by atoms with E-state index in [-0.39, 0.29) is 24.0 Å². The molecule has 7 nitrogen and oxygen atoms in total. The Labute approximate surface area is 202 Å². The lowest BCUT2D eigenvalue weighted by atomic mass is 10.1. The van der Waals surface area contributed by atoms with E-state index in [2.05, 4.69) is 29.3 Å². The van der Waals surface area contributed by atoms with Crippen LogP contribution in [0.25, 0.3) is 0 Å². The lowest BCUT2D eigenvalue weighted by molar-refractivity contribution is 0.322. The second kappa shape index (κ2) is 13.8. The number of nitrogens with zero attached hydrogens (tertiary/aromatic N) is 2. The maximum absolute atomic E-state index is 5.57. The zero-order valence-electron chi connectivity index (χ0n) is 19.2. The highest BCUT2D eigenvalue weighted by Crippen LogP contribution is 2.39. The van der Waals surface area contributed by atoms with E-state index in [1.165, 1.54) is 5.56 Å². The van der Waals surface area contributed by atoms with E-state index >= 15 is 0 Å². The minimum Gasteiger partial charge on any atom is -0.497 e. The van der Waals surface area contributed by atoms with Gasteiger partial charge in [0.05, 0.1) is 28.4 Å². The van der Waals surface area contributed by atoms with E-state index in [0.717, 1.165) is 36.8 Å². The molecule has 2 rings (SSSR count). The summed E-state index contributed by atoms with van der Waals surface area (Å²) in [5, 5.41) is 3.36. The van der Waals surface area contributed by atoms with Crippen LogP contribution in [0.4, 0.5) is 0 Å². The molecule has 0 saturated carbocycles. The number of nitrogens with one attached hydrogen (secondary N) is 1. The Balaban J connectivity index is 0.00000480. The second-order valence-corrected chi connectivity index (χ2v) is 6.68. The Bertz CT molecular complexity index is 828. The molecule has 0 fully saturated rings. The van der Waals surface area contributed by atoms with Gasteiger partial charge in [0, 0.05) is 32.2 Å². The third-order valence-electron chi connectivity index (χ3n) is 4.70. The van der Waals surface area contributed by atoms with Gasteiger partial charge in [-0.3, -0.25) is 4.99 Å². The number of ether oxygens (including phenoxy) is 4. The summed E-state index contributed by atoms with van der Waals surface area (Å²) in [5.74, 6) is 3.64.